The van der Waals surface area contributed by atoms with Crippen LogP contribution in [0.5, 0.6) is 0 Å². The number of hydrogen-bond acceptors (Lipinski definition) is 3. The first kappa shape index (κ1) is 10.3. The second-order valence-electron chi connectivity index (χ2n) is 2.94. The summed E-state index contributed by atoms with van der Waals surface area (Å²) < 4.78 is 13.3. The van der Waals surface area contributed by atoms with E-state index < -0.39 is 11.8 Å². The molecule has 4 nitrogen and oxygen atoms in total. The van der Waals surface area contributed by atoms with Gasteiger partial charge in [-0.1, -0.05) is 6.07 Å². The molecule has 0 saturated heterocycles. The smallest absolute Gasteiger partial charge is 0.303 e. The number of nitrogens with two attached hydrogens (primary N) is 2. The van der Waals surface area contributed by atoms with Crippen LogP contribution in [0, 0.1) is 5.82 Å². The van der Waals surface area contributed by atoms with Gasteiger partial charge in [-0.3, -0.25) is 4.79 Å². The van der Waals surface area contributed by atoms with Gasteiger partial charge in [0.2, 0.25) is 0 Å². The molecule has 0 radical (unpaired) electrons. The van der Waals surface area contributed by atoms with Crippen molar-refractivity contribution in [3.8, 4) is 0 Å². The molecule has 0 aliphatic carbocycles. The maximum Gasteiger partial charge on any atom is 0.303 e. The third-order valence-corrected chi connectivity index (χ3v) is 1.90. The molecule has 0 aliphatic heterocycles. The second kappa shape index (κ2) is 3.95. The Hall–Kier alpha value is -1.78. The number of carboxylic acid groups (broad SMARTS) is 1. The predicted octanol–water partition coefficient (Wildman–Crippen LogP) is 1.01. The summed E-state index contributed by atoms with van der Waals surface area (Å²) >= 11 is 0. The lowest BCUT2D eigenvalue weighted by atomic mass is 10.1. The fourth-order valence-electron chi connectivity index (χ4n) is 1.09. The summed E-state index contributed by atoms with van der Waals surface area (Å²) in [5, 5.41) is 8.41. The van der Waals surface area contributed by atoms with Gasteiger partial charge in [0, 0.05) is 6.42 Å². The summed E-state index contributed by atoms with van der Waals surface area (Å²) in [5.41, 5.74) is 11.0. The van der Waals surface area contributed by atoms with Gasteiger partial charge in [-0.25, -0.2) is 4.39 Å². The van der Waals surface area contributed by atoms with Gasteiger partial charge < -0.3 is 16.6 Å². The van der Waals surface area contributed by atoms with E-state index >= 15 is 0 Å². The molecule has 5 heteroatoms. The fourth-order valence-corrected chi connectivity index (χ4v) is 1.09. The van der Waals surface area contributed by atoms with Crippen LogP contribution < -0.4 is 11.5 Å². The van der Waals surface area contributed by atoms with Gasteiger partial charge >= 0.3 is 5.97 Å². The minimum absolute atomic E-state index is 0.117. The topological polar surface area (TPSA) is 89.3 Å². The molecule has 0 aliphatic rings. The summed E-state index contributed by atoms with van der Waals surface area (Å²) in [6, 6.07) is 2.92. The van der Waals surface area contributed by atoms with Crippen LogP contribution in [0.3, 0.4) is 0 Å². The first-order valence-electron chi connectivity index (χ1n) is 4.06. The van der Waals surface area contributed by atoms with E-state index in [1.165, 1.54) is 12.1 Å². The van der Waals surface area contributed by atoms with E-state index in [1.807, 2.05) is 0 Å². The molecular formula is C9H11FN2O2. The summed E-state index contributed by atoms with van der Waals surface area (Å²) in [5.74, 6) is -1.59. The number of nitrogen functional groups attached to an aromatic ring is 2. The maximum atomic E-state index is 13.3. The van der Waals surface area contributed by atoms with Crippen LogP contribution >= 0.6 is 0 Å². The molecule has 1 aromatic rings. The van der Waals surface area contributed by atoms with E-state index in [1.54, 1.807) is 0 Å². The van der Waals surface area contributed by atoms with Crippen molar-refractivity contribution in [2.24, 2.45) is 0 Å². The van der Waals surface area contributed by atoms with E-state index in [0.717, 1.165) is 0 Å². The van der Waals surface area contributed by atoms with Gasteiger partial charge in [0.05, 0.1) is 11.4 Å². The van der Waals surface area contributed by atoms with E-state index in [-0.39, 0.29) is 29.8 Å². The number of anilines is 2. The van der Waals surface area contributed by atoms with Crippen molar-refractivity contribution in [1.29, 1.82) is 0 Å². The molecule has 0 spiro atoms. The molecule has 76 valence electrons. The van der Waals surface area contributed by atoms with Crippen LogP contribution in [-0.2, 0) is 11.2 Å². The summed E-state index contributed by atoms with van der Waals surface area (Å²) in [6.45, 7) is 0. The Morgan fingerprint density at radius 1 is 1.43 bits per heavy atom. The lowest BCUT2D eigenvalue weighted by molar-refractivity contribution is -0.136. The Kier molecular flexibility index (Phi) is 2.91. The highest BCUT2D eigenvalue weighted by atomic mass is 19.1. The first-order chi connectivity index (χ1) is 6.52. The molecule has 0 bridgehead atoms. The lowest BCUT2D eigenvalue weighted by Gasteiger charge is -2.06. The largest absolute Gasteiger partial charge is 0.481 e. The second-order valence-corrected chi connectivity index (χ2v) is 2.94. The zero-order valence-electron chi connectivity index (χ0n) is 7.46. The number of hydrogen-bond donors (Lipinski definition) is 3. The van der Waals surface area contributed by atoms with Crippen LogP contribution in [-0.4, -0.2) is 11.1 Å². The van der Waals surface area contributed by atoms with Crippen molar-refractivity contribution < 1.29 is 14.3 Å². The number of aryl methyl sites for hydroxylation is 1. The van der Waals surface area contributed by atoms with Crippen LogP contribution in [0.2, 0.25) is 0 Å². The van der Waals surface area contributed by atoms with Crippen LogP contribution in [0.25, 0.3) is 0 Å². The van der Waals surface area contributed by atoms with Crippen molar-refractivity contribution in [1.82, 2.24) is 0 Å². The number of halogens is 1. The monoisotopic (exact) mass is 198 g/mol. The van der Waals surface area contributed by atoms with Gasteiger partial charge in [-0.15, -0.1) is 0 Å². The quantitative estimate of drug-likeness (QED) is 0.632. The van der Waals surface area contributed by atoms with E-state index in [9.17, 15) is 9.18 Å². The van der Waals surface area contributed by atoms with E-state index in [4.69, 9.17) is 16.6 Å². The van der Waals surface area contributed by atoms with Gasteiger partial charge in [0.1, 0.15) is 0 Å². The minimum atomic E-state index is -0.972. The molecule has 1 aromatic carbocycles. The van der Waals surface area contributed by atoms with Gasteiger partial charge in [0.15, 0.2) is 5.82 Å². The molecule has 0 saturated carbocycles. The maximum absolute atomic E-state index is 13.3. The molecule has 5 N–H and O–H groups in total. The molecule has 1 rings (SSSR count). The number of carbonyl (C=O) groups is 1. The molecule has 0 atom stereocenters. The van der Waals surface area contributed by atoms with Gasteiger partial charge in [-0.05, 0) is 18.1 Å². The summed E-state index contributed by atoms with van der Waals surface area (Å²) in [6.07, 6.45) is -0.00801. The van der Waals surface area contributed by atoms with Crippen molar-refractivity contribution in [3.05, 3.63) is 23.5 Å². The zero-order valence-corrected chi connectivity index (χ0v) is 7.46. The number of carboxylic acids is 1. The Labute approximate surface area is 80.3 Å². The lowest BCUT2D eigenvalue weighted by Crippen LogP contribution is -2.04. The third-order valence-electron chi connectivity index (χ3n) is 1.90. The van der Waals surface area contributed by atoms with Crippen molar-refractivity contribution in [2.45, 2.75) is 12.8 Å². The van der Waals surface area contributed by atoms with Gasteiger partial charge in [-0.2, -0.15) is 0 Å². The molecular weight excluding hydrogens is 187 g/mol. The molecule has 0 heterocycles. The van der Waals surface area contributed by atoms with Crippen molar-refractivity contribution in [2.75, 3.05) is 11.5 Å². The Morgan fingerprint density at radius 3 is 2.64 bits per heavy atom. The average Bonchev–Trinajstić information content (AvgIpc) is 2.13. The third kappa shape index (κ3) is 2.12. The molecule has 0 amide bonds. The van der Waals surface area contributed by atoms with Crippen molar-refractivity contribution >= 4 is 17.3 Å². The Morgan fingerprint density at radius 2 is 2.07 bits per heavy atom. The molecule has 0 unspecified atom stereocenters. The minimum Gasteiger partial charge on any atom is -0.481 e. The summed E-state index contributed by atoms with van der Waals surface area (Å²) in [7, 11) is 0. The van der Waals surface area contributed by atoms with Crippen LogP contribution in [0.1, 0.15) is 12.0 Å². The molecule has 0 aromatic heterocycles. The normalized spacial score (nSPS) is 10.1. The Balaban J connectivity index is 2.88. The van der Waals surface area contributed by atoms with Crippen LogP contribution in [0.15, 0.2) is 12.1 Å². The first-order valence-corrected chi connectivity index (χ1v) is 4.06. The van der Waals surface area contributed by atoms with Crippen LogP contribution in [0.4, 0.5) is 15.8 Å². The number of benzene rings is 1. The average molecular weight is 198 g/mol. The fraction of sp³-hybridized carbons (Fsp3) is 0.222. The molecule has 0 fully saturated rings. The highest BCUT2D eigenvalue weighted by Crippen LogP contribution is 2.22. The molecule has 14 heavy (non-hydrogen) atoms. The Bertz CT molecular complexity index is 366. The van der Waals surface area contributed by atoms with Gasteiger partial charge in [0.25, 0.3) is 0 Å². The van der Waals surface area contributed by atoms with Crippen molar-refractivity contribution in [3.63, 3.8) is 0 Å². The predicted molar refractivity (Wildman–Crippen MR) is 51.2 cm³/mol. The highest BCUT2D eigenvalue weighted by Gasteiger charge is 2.09. The van der Waals surface area contributed by atoms with E-state index in [0.29, 0.717) is 0 Å². The summed E-state index contributed by atoms with van der Waals surface area (Å²) in [4.78, 5) is 10.3. The SMILES string of the molecule is Nc1ccc(CCC(=O)O)c(F)c1N. The highest BCUT2D eigenvalue weighted by molar-refractivity contribution is 5.68. The zero-order chi connectivity index (χ0) is 10.7. The number of rotatable bonds is 3. The van der Waals surface area contributed by atoms with E-state index in [2.05, 4.69) is 0 Å². The standard InChI is InChI=1S/C9H11FN2O2/c10-8-5(2-4-7(13)14)1-3-6(11)9(8)12/h1,3H,2,4,11-12H2,(H,13,14). The number of aliphatic carboxylic acids is 1.